The molecule has 1 amide bonds. The maximum absolute atomic E-state index is 13.8. The Morgan fingerprint density at radius 2 is 2.04 bits per heavy atom. The summed E-state index contributed by atoms with van der Waals surface area (Å²) in [6.07, 6.45) is 1.87. The van der Waals surface area contributed by atoms with Crippen molar-refractivity contribution in [2.75, 3.05) is 14.2 Å². The van der Waals surface area contributed by atoms with E-state index in [1.54, 1.807) is 30.3 Å². The van der Waals surface area contributed by atoms with E-state index in [9.17, 15) is 9.18 Å². The van der Waals surface area contributed by atoms with Crippen molar-refractivity contribution in [1.82, 2.24) is 4.90 Å². The molecule has 4 nitrogen and oxygen atoms in total. The molecule has 3 rings (SSSR count). The average Bonchev–Trinajstić information content (AvgIpc) is 2.97. The van der Waals surface area contributed by atoms with E-state index in [0.717, 1.165) is 22.1 Å². The zero-order chi connectivity index (χ0) is 18.0. The number of likely N-dealkylation sites (N-methyl/N-ethyl adjacent to an activating group) is 1. The first-order chi connectivity index (χ1) is 12.0. The number of nitrogens with zero attached hydrogens (tertiary/aromatic N) is 1. The molecule has 25 heavy (non-hydrogen) atoms. The van der Waals surface area contributed by atoms with Gasteiger partial charge in [-0.1, -0.05) is 18.2 Å². The molecule has 1 heterocycles. The van der Waals surface area contributed by atoms with Gasteiger partial charge in [0.25, 0.3) is 0 Å². The number of rotatable bonds is 5. The van der Waals surface area contributed by atoms with E-state index in [1.807, 2.05) is 25.1 Å². The van der Waals surface area contributed by atoms with Gasteiger partial charge in [-0.15, -0.1) is 0 Å². The van der Waals surface area contributed by atoms with Crippen LogP contribution in [0.2, 0.25) is 0 Å². The van der Waals surface area contributed by atoms with Crippen LogP contribution in [-0.4, -0.2) is 25.0 Å². The lowest BCUT2D eigenvalue weighted by Crippen LogP contribution is -2.27. The van der Waals surface area contributed by atoms with Gasteiger partial charge in [0.1, 0.15) is 5.58 Å². The number of hydrogen-bond acceptors (Lipinski definition) is 3. The lowest BCUT2D eigenvalue weighted by atomic mass is 10.1. The molecule has 0 aliphatic heterocycles. The van der Waals surface area contributed by atoms with Crippen molar-refractivity contribution in [1.29, 1.82) is 0 Å². The maximum atomic E-state index is 13.8. The van der Waals surface area contributed by atoms with E-state index in [1.165, 1.54) is 13.2 Å². The highest BCUT2D eigenvalue weighted by Crippen LogP contribution is 2.23. The second-order valence-corrected chi connectivity index (χ2v) is 6.16. The first kappa shape index (κ1) is 17.0. The number of methoxy groups -OCH3 is 1. The van der Waals surface area contributed by atoms with E-state index < -0.39 is 5.82 Å². The highest BCUT2D eigenvalue weighted by Gasteiger charge is 2.15. The van der Waals surface area contributed by atoms with Crippen LogP contribution in [0.4, 0.5) is 4.39 Å². The highest BCUT2D eigenvalue weighted by molar-refractivity contribution is 5.87. The lowest BCUT2D eigenvalue weighted by molar-refractivity contribution is -0.129. The largest absolute Gasteiger partial charge is 0.494 e. The Morgan fingerprint density at radius 1 is 1.24 bits per heavy atom. The van der Waals surface area contributed by atoms with Crippen LogP contribution in [0.15, 0.2) is 47.1 Å². The predicted molar refractivity (Wildman–Crippen MR) is 94.1 cm³/mol. The molecule has 0 atom stereocenters. The Labute approximate surface area is 145 Å². The van der Waals surface area contributed by atoms with Gasteiger partial charge in [-0.3, -0.25) is 4.79 Å². The number of aryl methyl sites for hydroxylation is 1. The van der Waals surface area contributed by atoms with E-state index in [2.05, 4.69) is 0 Å². The number of amides is 1. The zero-order valence-corrected chi connectivity index (χ0v) is 14.5. The van der Waals surface area contributed by atoms with Gasteiger partial charge < -0.3 is 14.1 Å². The minimum atomic E-state index is -0.433. The number of fused-ring (bicyclic) bond motifs is 1. The molecular formula is C20H20FNO3. The van der Waals surface area contributed by atoms with Crippen LogP contribution in [0.1, 0.15) is 16.7 Å². The van der Waals surface area contributed by atoms with Gasteiger partial charge in [-0.25, -0.2) is 4.39 Å². The van der Waals surface area contributed by atoms with Gasteiger partial charge in [0, 0.05) is 24.5 Å². The molecule has 0 aliphatic carbocycles. The number of hydrogen-bond donors (Lipinski definition) is 0. The van der Waals surface area contributed by atoms with Crippen molar-refractivity contribution in [3.8, 4) is 5.75 Å². The van der Waals surface area contributed by atoms with Gasteiger partial charge in [0.2, 0.25) is 5.91 Å². The van der Waals surface area contributed by atoms with Crippen molar-refractivity contribution in [2.24, 2.45) is 0 Å². The molecule has 0 aliphatic rings. The van der Waals surface area contributed by atoms with Gasteiger partial charge in [0.15, 0.2) is 11.6 Å². The van der Waals surface area contributed by atoms with Gasteiger partial charge in [-0.05, 0) is 36.2 Å². The maximum Gasteiger partial charge on any atom is 0.227 e. The number of furan rings is 1. The quantitative estimate of drug-likeness (QED) is 0.702. The van der Waals surface area contributed by atoms with E-state index in [-0.39, 0.29) is 18.1 Å². The summed E-state index contributed by atoms with van der Waals surface area (Å²) < 4.78 is 24.2. The van der Waals surface area contributed by atoms with Crippen LogP contribution in [0.5, 0.6) is 5.75 Å². The molecule has 0 bridgehead atoms. The molecule has 130 valence electrons. The molecule has 0 saturated carbocycles. The Balaban J connectivity index is 1.70. The van der Waals surface area contributed by atoms with E-state index in [0.29, 0.717) is 12.1 Å². The van der Waals surface area contributed by atoms with Crippen molar-refractivity contribution in [3.63, 3.8) is 0 Å². The predicted octanol–water partition coefficient (Wildman–Crippen LogP) is 4.09. The number of benzene rings is 2. The lowest BCUT2D eigenvalue weighted by Gasteiger charge is -2.17. The fourth-order valence-electron chi connectivity index (χ4n) is 2.80. The summed E-state index contributed by atoms with van der Waals surface area (Å²) in [4.78, 5) is 14.1. The van der Waals surface area contributed by atoms with Crippen molar-refractivity contribution in [2.45, 2.75) is 19.9 Å². The van der Waals surface area contributed by atoms with Crippen LogP contribution in [-0.2, 0) is 17.8 Å². The van der Waals surface area contributed by atoms with Gasteiger partial charge in [0.05, 0.1) is 19.8 Å². The molecule has 0 spiro atoms. The topological polar surface area (TPSA) is 42.7 Å². The third kappa shape index (κ3) is 3.65. The van der Waals surface area contributed by atoms with Crippen molar-refractivity contribution in [3.05, 3.63) is 65.2 Å². The minimum Gasteiger partial charge on any atom is -0.494 e. The third-order valence-corrected chi connectivity index (χ3v) is 4.21. The SMILES string of the molecule is COc1ccc(CN(C)C(=O)Cc2coc3cc(C)ccc23)cc1F. The second kappa shape index (κ2) is 6.97. The van der Waals surface area contributed by atoms with Crippen LogP contribution in [0.25, 0.3) is 11.0 Å². The van der Waals surface area contributed by atoms with Crippen molar-refractivity contribution < 1.29 is 18.3 Å². The van der Waals surface area contributed by atoms with E-state index in [4.69, 9.17) is 9.15 Å². The summed E-state index contributed by atoms with van der Waals surface area (Å²) in [5.74, 6) is -0.297. The first-order valence-corrected chi connectivity index (χ1v) is 8.01. The molecule has 0 fully saturated rings. The fraction of sp³-hybridized carbons (Fsp3) is 0.250. The molecule has 5 heteroatoms. The molecule has 0 unspecified atom stereocenters. The molecule has 0 saturated heterocycles. The van der Waals surface area contributed by atoms with E-state index >= 15 is 0 Å². The summed E-state index contributed by atoms with van der Waals surface area (Å²) in [7, 11) is 3.13. The summed E-state index contributed by atoms with van der Waals surface area (Å²) in [6.45, 7) is 2.32. The van der Waals surface area contributed by atoms with Crippen LogP contribution >= 0.6 is 0 Å². The minimum absolute atomic E-state index is 0.0560. The van der Waals surface area contributed by atoms with Crippen LogP contribution < -0.4 is 4.74 Å². The Bertz CT molecular complexity index is 916. The summed E-state index contributed by atoms with van der Waals surface area (Å²) in [6, 6.07) is 10.6. The fourth-order valence-corrected chi connectivity index (χ4v) is 2.80. The van der Waals surface area contributed by atoms with Gasteiger partial charge >= 0.3 is 0 Å². The molecular weight excluding hydrogens is 321 g/mol. The molecule has 3 aromatic rings. The molecule has 2 aromatic carbocycles. The Kier molecular flexibility index (Phi) is 4.74. The average molecular weight is 341 g/mol. The van der Waals surface area contributed by atoms with Crippen LogP contribution in [0.3, 0.4) is 0 Å². The van der Waals surface area contributed by atoms with Crippen molar-refractivity contribution >= 4 is 16.9 Å². The number of carbonyl (C=O) groups excluding carboxylic acids is 1. The highest BCUT2D eigenvalue weighted by atomic mass is 19.1. The standard InChI is InChI=1S/C20H20FNO3/c1-13-4-6-16-15(12-25-19(16)8-13)10-20(23)22(2)11-14-5-7-18(24-3)17(21)9-14/h4-9,12H,10-11H2,1-3H3. The van der Waals surface area contributed by atoms with Crippen LogP contribution in [0, 0.1) is 12.7 Å². The molecule has 1 aromatic heterocycles. The molecule has 0 N–H and O–H groups in total. The Morgan fingerprint density at radius 3 is 2.76 bits per heavy atom. The number of ether oxygens (including phenoxy) is 1. The summed E-state index contributed by atoms with van der Waals surface area (Å²) in [5, 5.41) is 0.947. The number of halogens is 1. The summed E-state index contributed by atoms with van der Waals surface area (Å²) in [5.41, 5.74) is 3.45. The normalized spacial score (nSPS) is 10.9. The Hall–Kier alpha value is -2.82. The second-order valence-electron chi connectivity index (χ2n) is 6.16. The van der Waals surface area contributed by atoms with Gasteiger partial charge in [-0.2, -0.15) is 0 Å². The summed E-state index contributed by atoms with van der Waals surface area (Å²) >= 11 is 0. The zero-order valence-electron chi connectivity index (χ0n) is 14.5. The molecule has 0 radical (unpaired) electrons. The third-order valence-electron chi connectivity index (χ3n) is 4.21. The first-order valence-electron chi connectivity index (χ1n) is 8.01. The smallest absolute Gasteiger partial charge is 0.227 e. The monoisotopic (exact) mass is 341 g/mol. The number of carbonyl (C=O) groups is 1.